The molecule has 0 radical (unpaired) electrons. The minimum absolute atomic E-state index is 0.0210. The normalized spacial score (nSPS) is 22.0. The molecule has 126 valence electrons. The second-order valence-electron chi connectivity index (χ2n) is 6.22. The lowest BCUT2D eigenvalue weighted by atomic mass is 10.1. The molecule has 2 aliphatic heterocycles. The number of benzene rings is 1. The summed E-state index contributed by atoms with van der Waals surface area (Å²) in [5, 5.41) is 5.89. The van der Waals surface area contributed by atoms with Gasteiger partial charge in [0.05, 0.1) is 19.8 Å². The van der Waals surface area contributed by atoms with Crippen LogP contribution in [0.25, 0.3) is 0 Å². The number of hydrogen-bond donors (Lipinski definition) is 2. The fourth-order valence-electron chi connectivity index (χ4n) is 3.07. The average Bonchev–Trinajstić information content (AvgIpc) is 2.96. The maximum absolute atomic E-state index is 12.0. The van der Waals surface area contributed by atoms with E-state index < -0.39 is 0 Å². The van der Waals surface area contributed by atoms with Gasteiger partial charge in [0.15, 0.2) is 0 Å². The summed E-state index contributed by atoms with van der Waals surface area (Å²) in [6.45, 7) is 6.81. The Kier molecular flexibility index (Phi) is 5.35. The van der Waals surface area contributed by atoms with Gasteiger partial charge in [0, 0.05) is 32.1 Å². The minimum atomic E-state index is -0.134. The van der Waals surface area contributed by atoms with Crippen molar-refractivity contribution in [3.05, 3.63) is 29.8 Å². The number of para-hydroxylation sites is 1. The Bertz CT molecular complexity index is 507. The van der Waals surface area contributed by atoms with E-state index in [2.05, 4.69) is 21.6 Å². The van der Waals surface area contributed by atoms with Crippen molar-refractivity contribution < 1.29 is 14.3 Å². The summed E-state index contributed by atoms with van der Waals surface area (Å²) in [5.41, 5.74) is 1.21. The molecule has 1 fully saturated rings. The summed E-state index contributed by atoms with van der Waals surface area (Å²) in [5.74, 6) is 0.931. The number of hydrogen-bond acceptors (Lipinski definition) is 4. The van der Waals surface area contributed by atoms with Gasteiger partial charge in [-0.2, -0.15) is 0 Å². The monoisotopic (exact) mass is 319 g/mol. The molecule has 0 aliphatic carbocycles. The second-order valence-corrected chi connectivity index (χ2v) is 6.22. The molecule has 1 aromatic carbocycles. The van der Waals surface area contributed by atoms with Crippen molar-refractivity contribution in [3.8, 4) is 5.75 Å². The van der Waals surface area contributed by atoms with Gasteiger partial charge in [-0.3, -0.25) is 4.90 Å². The number of nitrogens with one attached hydrogen (secondary N) is 2. The van der Waals surface area contributed by atoms with Crippen LogP contribution in [-0.4, -0.2) is 62.5 Å². The number of ether oxygens (including phenoxy) is 2. The number of carbonyl (C=O) groups excluding carboxylic acids is 1. The summed E-state index contributed by atoms with van der Waals surface area (Å²) in [7, 11) is 0. The lowest BCUT2D eigenvalue weighted by molar-refractivity contribution is 0.0349. The standard InChI is InChI=1S/C17H25N3O3/c1-13(12-20-6-8-22-9-7-20)19-17(21)18-11-15-10-14-4-2-3-5-16(14)23-15/h2-5,13,15H,6-12H2,1H3,(H2,18,19,21)/t13-,15+/m0/s1. The molecule has 6 heteroatoms. The van der Waals surface area contributed by atoms with Crippen LogP contribution < -0.4 is 15.4 Å². The molecule has 3 rings (SSSR count). The van der Waals surface area contributed by atoms with Crippen LogP contribution in [0.15, 0.2) is 24.3 Å². The smallest absolute Gasteiger partial charge is 0.315 e. The van der Waals surface area contributed by atoms with Crippen molar-refractivity contribution >= 4 is 6.03 Å². The molecule has 23 heavy (non-hydrogen) atoms. The molecule has 1 saturated heterocycles. The van der Waals surface area contributed by atoms with Crippen LogP contribution >= 0.6 is 0 Å². The van der Waals surface area contributed by atoms with Crippen molar-refractivity contribution in [2.75, 3.05) is 39.4 Å². The third kappa shape index (κ3) is 4.59. The van der Waals surface area contributed by atoms with E-state index in [9.17, 15) is 4.79 Å². The van der Waals surface area contributed by atoms with Crippen LogP contribution in [0.2, 0.25) is 0 Å². The second kappa shape index (κ2) is 7.66. The highest BCUT2D eigenvalue weighted by Gasteiger charge is 2.23. The van der Waals surface area contributed by atoms with Gasteiger partial charge in [0.1, 0.15) is 11.9 Å². The summed E-state index contributed by atoms with van der Waals surface area (Å²) in [6.07, 6.45) is 0.868. The molecule has 2 atom stereocenters. The van der Waals surface area contributed by atoms with Gasteiger partial charge in [-0.1, -0.05) is 18.2 Å². The Morgan fingerprint density at radius 3 is 2.91 bits per heavy atom. The average molecular weight is 319 g/mol. The fraction of sp³-hybridized carbons (Fsp3) is 0.588. The van der Waals surface area contributed by atoms with Gasteiger partial charge < -0.3 is 20.1 Å². The van der Waals surface area contributed by atoms with E-state index in [0.29, 0.717) is 6.54 Å². The first kappa shape index (κ1) is 16.1. The predicted octanol–water partition coefficient (Wildman–Crippen LogP) is 1.01. The first-order chi connectivity index (χ1) is 11.2. The molecule has 0 spiro atoms. The number of nitrogens with zero attached hydrogens (tertiary/aromatic N) is 1. The molecule has 0 aromatic heterocycles. The fourth-order valence-corrected chi connectivity index (χ4v) is 3.07. The Balaban J connectivity index is 1.35. The molecule has 6 nitrogen and oxygen atoms in total. The first-order valence-corrected chi connectivity index (χ1v) is 8.30. The van der Waals surface area contributed by atoms with Gasteiger partial charge >= 0.3 is 6.03 Å². The Morgan fingerprint density at radius 2 is 2.13 bits per heavy atom. The Morgan fingerprint density at radius 1 is 1.35 bits per heavy atom. The van der Waals surface area contributed by atoms with Crippen molar-refractivity contribution in [1.82, 2.24) is 15.5 Å². The summed E-state index contributed by atoms with van der Waals surface area (Å²) in [6, 6.07) is 7.99. The molecule has 0 bridgehead atoms. The van der Waals surface area contributed by atoms with E-state index in [0.717, 1.165) is 45.0 Å². The van der Waals surface area contributed by atoms with Crippen molar-refractivity contribution in [1.29, 1.82) is 0 Å². The van der Waals surface area contributed by atoms with E-state index in [1.54, 1.807) is 0 Å². The van der Waals surface area contributed by atoms with Gasteiger partial charge in [-0.15, -0.1) is 0 Å². The lowest BCUT2D eigenvalue weighted by Crippen LogP contribution is -2.49. The number of rotatable bonds is 5. The number of carbonyl (C=O) groups is 1. The van der Waals surface area contributed by atoms with Gasteiger partial charge in [-0.25, -0.2) is 4.79 Å². The number of urea groups is 1. The minimum Gasteiger partial charge on any atom is -0.488 e. The van der Waals surface area contributed by atoms with Gasteiger partial charge in [0.2, 0.25) is 0 Å². The highest BCUT2D eigenvalue weighted by Crippen LogP contribution is 2.27. The van der Waals surface area contributed by atoms with E-state index in [4.69, 9.17) is 9.47 Å². The molecule has 1 aromatic rings. The molecule has 2 N–H and O–H groups in total. The quantitative estimate of drug-likeness (QED) is 0.850. The van der Waals surface area contributed by atoms with Crippen LogP contribution in [0.3, 0.4) is 0 Å². The largest absolute Gasteiger partial charge is 0.488 e. The number of fused-ring (bicyclic) bond motifs is 1. The first-order valence-electron chi connectivity index (χ1n) is 8.30. The number of morpholine rings is 1. The molecular formula is C17H25N3O3. The van der Waals surface area contributed by atoms with E-state index in [1.165, 1.54) is 5.56 Å². The third-order valence-electron chi connectivity index (χ3n) is 4.22. The van der Waals surface area contributed by atoms with Crippen LogP contribution in [-0.2, 0) is 11.2 Å². The van der Waals surface area contributed by atoms with Gasteiger partial charge in [-0.05, 0) is 18.6 Å². The van der Waals surface area contributed by atoms with Crippen molar-refractivity contribution in [2.45, 2.75) is 25.5 Å². The van der Waals surface area contributed by atoms with Crippen molar-refractivity contribution in [2.24, 2.45) is 0 Å². The summed E-state index contributed by atoms with van der Waals surface area (Å²) in [4.78, 5) is 14.3. The maximum Gasteiger partial charge on any atom is 0.315 e. The molecular weight excluding hydrogens is 294 g/mol. The highest BCUT2D eigenvalue weighted by atomic mass is 16.5. The summed E-state index contributed by atoms with van der Waals surface area (Å²) < 4.78 is 11.1. The predicted molar refractivity (Wildman–Crippen MR) is 87.8 cm³/mol. The zero-order valence-corrected chi connectivity index (χ0v) is 13.6. The molecule has 2 amide bonds. The molecule has 0 unspecified atom stereocenters. The van der Waals surface area contributed by atoms with Crippen LogP contribution in [0, 0.1) is 0 Å². The van der Waals surface area contributed by atoms with Crippen LogP contribution in [0.1, 0.15) is 12.5 Å². The topological polar surface area (TPSA) is 62.8 Å². The molecule has 2 aliphatic rings. The Labute approximate surface area is 137 Å². The van der Waals surface area contributed by atoms with Crippen LogP contribution in [0.5, 0.6) is 5.75 Å². The van der Waals surface area contributed by atoms with Crippen LogP contribution in [0.4, 0.5) is 4.79 Å². The van der Waals surface area contributed by atoms with E-state index in [1.807, 2.05) is 25.1 Å². The molecule has 0 saturated carbocycles. The van der Waals surface area contributed by atoms with E-state index >= 15 is 0 Å². The van der Waals surface area contributed by atoms with Gasteiger partial charge in [0.25, 0.3) is 0 Å². The SMILES string of the molecule is C[C@@H](CN1CCOCC1)NC(=O)NC[C@H]1Cc2ccccc2O1. The van der Waals surface area contributed by atoms with Crippen molar-refractivity contribution in [3.63, 3.8) is 0 Å². The maximum atomic E-state index is 12.0. The summed E-state index contributed by atoms with van der Waals surface area (Å²) >= 11 is 0. The third-order valence-corrected chi connectivity index (χ3v) is 4.22. The zero-order chi connectivity index (χ0) is 16.1. The Hall–Kier alpha value is -1.79. The molecule has 2 heterocycles. The number of amides is 2. The van der Waals surface area contributed by atoms with E-state index in [-0.39, 0.29) is 18.2 Å². The lowest BCUT2D eigenvalue weighted by Gasteiger charge is -2.29. The highest BCUT2D eigenvalue weighted by molar-refractivity contribution is 5.74. The zero-order valence-electron chi connectivity index (χ0n) is 13.6.